The molecule has 0 atom stereocenters. The van der Waals surface area contributed by atoms with Gasteiger partial charge in [-0.2, -0.15) is 0 Å². The van der Waals surface area contributed by atoms with Gasteiger partial charge in [0.05, 0.1) is 9.75 Å². The highest BCUT2D eigenvalue weighted by Crippen LogP contribution is 2.29. The van der Waals surface area contributed by atoms with Gasteiger partial charge in [0, 0.05) is 10.6 Å². The SMILES string of the molecule is NNC(=O)c1ccc(CSc2nnc(-c3cccs3)o2)s1. The van der Waals surface area contributed by atoms with Crippen LogP contribution in [0, 0.1) is 0 Å². The van der Waals surface area contributed by atoms with Crippen LogP contribution in [0.25, 0.3) is 10.8 Å². The number of thioether (sulfide) groups is 1. The molecule has 0 saturated heterocycles. The van der Waals surface area contributed by atoms with Crippen LogP contribution in [0.2, 0.25) is 0 Å². The molecule has 3 aromatic heterocycles. The van der Waals surface area contributed by atoms with Gasteiger partial charge >= 0.3 is 0 Å². The Kier molecular flexibility index (Phi) is 4.34. The first kappa shape index (κ1) is 14.3. The minimum atomic E-state index is -0.283. The molecular weight excluding hydrogens is 328 g/mol. The molecule has 108 valence electrons. The number of rotatable bonds is 5. The summed E-state index contributed by atoms with van der Waals surface area (Å²) in [6.45, 7) is 0. The maximum absolute atomic E-state index is 11.4. The number of hydrazine groups is 1. The van der Waals surface area contributed by atoms with Crippen molar-refractivity contribution in [2.45, 2.75) is 11.0 Å². The van der Waals surface area contributed by atoms with E-state index in [-0.39, 0.29) is 5.91 Å². The van der Waals surface area contributed by atoms with Crippen LogP contribution in [0.1, 0.15) is 14.5 Å². The summed E-state index contributed by atoms with van der Waals surface area (Å²) in [5, 5.41) is 10.5. The molecule has 21 heavy (non-hydrogen) atoms. The summed E-state index contributed by atoms with van der Waals surface area (Å²) in [6, 6.07) is 7.50. The average molecular weight is 338 g/mol. The van der Waals surface area contributed by atoms with Gasteiger partial charge in [0.15, 0.2) is 0 Å². The highest BCUT2D eigenvalue weighted by molar-refractivity contribution is 7.98. The van der Waals surface area contributed by atoms with Gasteiger partial charge in [-0.3, -0.25) is 10.2 Å². The molecule has 0 saturated carbocycles. The number of nitrogens with zero attached hydrogens (tertiary/aromatic N) is 2. The van der Waals surface area contributed by atoms with Gasteiger partial charge in [-0.1, -0.05) is 17.8 Å². The monoisotopic (exact) mass is 338 g/mol. The zero-order valence-corrected chi connectivity index (χ0v) is 13.1. The lowest BCUT2D eigenvalue weighted by Crippen LogP contribution is -2.29. The smallest absolute Gasteiger partial charge is 0.277 e. The molecule has 9 heteroatoms. The molecule has 0 radical (unpaired) electrons. The molecule has 3 heterocycles. The van der Waals surface area contributed by atoms with Crippen LogP contribution in [0.15, 0.2) is 39.3 Å². The molecule has 1 amide bonds. The standard InChI is InChI=1S/C12H10N4O2S3/c13-14-10(17)8-4-3-7(21-8)6-20-12-16-15-11(18-12)9-2-1-5-19-9/h1-5H,6,13H2,(H,14,17). The topological polar surface area (TPSA) is 94.0 Å². The predicted octanol–water partition coefficient (Wildman–Crippen LogP) is 2.76. The van der Waals surface area contributed by atoms with E-state index in [0.29, 0.717) is 21.7 Å². The Morgan fingerprint density at radius 1 is 1.38 bits per heavy atom. The van der Waals surface area contributed by atoms with E-state index in [1.807, 2.05) is 23.6 Å². The van der Waals surface area contributed by atoms with Crippen molar-refractivity contribution in [2.24, 2.45) is 5.84 Å². The second kappa shape index (κ2) is 6.39. The number of hydrogen-bond acceptors (Lipinski definition) is 8. The van der Waals surface area contributed by atoms with E-state index < -0.39 is 0 Å². The summed E-state index contributed by atoms with van der Waals surface area (Å²) in [5.74, 6) is 6.00. The minimum Gasteiger partial charge on any atom is -0.410 e. The first-order valence-electron chi connectivity index (χ1n) is 5.86. The molecule has 0 aliphatic rings. The van der Waals surface area contributed by atoms with Crippen molar-refractivity contribution >= 4 is 40.3 Å². The summed E-state index contributed by atoms with van der Waals surface area (Å²) in [6.07, 6.45) is 0. The second-order valence-corrected chi connectivity index (χ2v) is 6.92. The Labute approximate surface area is 132 Å². The maximum Gasteiger partial charge on any atom is 0.277 e. The highest BCUT2D eigenvalue weighted by atomic mass is 32.2. The van der Waals surface area contributed by atoms with Crippen molar-refractivity contribution in [3.05, 3.63) is 39.4 Å². The molecule has 3 rings (SSSR count). The summed E-state index contributed by atoms with van der Waals surface area (Å²) in [4.78, 5) is 13.9. The van der Waals surface area contributed by atoms with E-state index in [9.17, 15) is 4.79 Å². The second-order valence-electron chi connectivity index (χ2n) is 3.88. The van der Waals surface area contributed by atoms with Crippen molar-refractivity contribution in [2.75, 3.05) is 0 Å². The van der Waals surface area contributed by atoms with Gasteiger partial charge in [-0.05, 0) is 23.6 Å². The van der Waals surface area contributed by atoms with E-state index >= 15 is 0 Å². The fourth-order valence-electron chi connectivity index (χ4n) is 1.55. The number of aromatic nitrogens is 2. The molecular formula is C12H10N4O2S3. The summed E-state index contributed by atoms with van der Waals surface area (Å²) >= 11 is 4.38. The van der Waals surface area contributed by atoms with Gasteiger partial charge in [0.25, 0.3) is 17.0 Å². The van der Waals surface area contributed by atoms with Gasteiger partial charge in [0.1, 0.15) is 0 Å². The predicted molar refractivity (Wildman–Crippen MR) is 83.1 cm³/mol. The Balaban J connectivity index is 1.63. The maximum atomic E-state index is 11.4. The quantitative estimate of drug-likeness (QED) is 0.321. The third-order valence-electron chi connectivity index (χ3n) is 2.49. The number of hydrogen-bond donors (Lipinski definition) is 2. The Morgan fingerprint density at radius 2 is 2.29 bits per heavy atom. The number of amides is 1. The van der Waals surface area contributed by atoms with E-state index in [1.165, 1.54) is 23.1 Å². The minimum absolute atomic E-state index is 0.283. The molecule has 0 unspecified atom stereocenters. The zero-order valence-electron chi connectivity index (χ0n) is 10.6. The van der Waals surface area contributed by atoms with Crippen molar-refractivity contribution in [1.82, 2.24) is 15.6 Å². The highest BCUT2D eigenvalue weighted by Gasteiger charge is 2.12. The van der Waals surface area contributed by atoms with E-state index in [0.717, 1.165) is 9.75 Å². The molecule has 6 nitrogen and oxygen atoms in total. The number of carbonyl (C=O) groups is 1. The van der Waals surface area contributed by atoms with Crippen molar-refractivity contribution < 1.29 is 9.21 Å². The first-order valence-corrected chi connectivity index (χ1v) is 8.54. The average Bonchev–Trinajstić information content (AvgIpc) is 3.23. The number of nitrogens with two attached hydrogens (primary N) is 1. The molecule has 3 N–H and O–H groups in total. The van der Waals surface area contributed by atoms with Gasteiger partial charge in [0.2, 0.25) is 0 Å². The van der Waals surface area contributed by atoms with Crippen LogP contribution in [0.5, 0.6) is 0 Å². The van der Waals surface area contributed by atoms with Crippen LogP contribution < -0.4 is 11.3 Å². The van der Waals surface area contributed by atoms with E-state index in [2.05, 4.69) is 15.6 Å². The Bertz CT molecular complexity index is 735. The van der Waals surface area contributed by atoms with Crippen molar-refractivity contribution in [1.29, 1.82) is 0 Å². The fraction of sp³-hybridized carbons (Fsp3) is 0.0833. The molecule has 0 aliphatic heterocycles. The first-order chi connectivity index (χ1) is 10.3. The van der Waals surface area contributed by atoms with Crippen LogP contribution in [0.4, 0.5) is 0 Å². The van der Waals surface area contributed by atoms with Gasteiger partial charge in [-0.15, -0.1) is 32.9 Å². The van der Waals surface area contributed by atoms with Crippen LogP contribution >= 0.6 is 34.4 Å². The van der Waals surface area contributed by atoms with Crippen LogP contribution in [-0.2, 0) is 5.75 Å². The molecule has 3 aromatic rings. The molecule has 0 spiro atoms. The largest absolute Gasteiger partial charge is 0.410 e. The van der Waals surface area contributed by atoms with E-state index in [1.54, 1.807) is 17.4 Å². The summed E-state index contributed by atoms with van der Waals surface area (Å²) in [7, 11) is 0. The number of carbonyl (C=O) groups excluding carboxylic acids is 1. The van der Waals surface area contributed by atoms with Gasteiger partial charge in [-0.25, -0.2) is 5.84 Å². The fourth-order valence-corrected chi connectivity index (χ4v) is 3.91. The third kappa shape index (κ3) is 3.32. The van der Waals surface area contributed by atoms with E-state index in [4.69, 9.17) is 10.3 Å². The lowest BCUT2D eigenvalue weighted by atomic mass is 10.4. The molecule has 0 bridgehead atoms. The normalized spacial score (nSPS) is 10.7. The Morgan fingerprint density at radius 3 is 3.05 bits per heavy atom. The number of nitrogens with one attached hydrogen (secondary N) is 1. The third-order valence-corrected chi connectivity index (χ3v) is 5.48. The molecule has 0 aromatic carbocycles. The van der Waals surface area contributed by atoms with Crippen molar-refractivity contribution in [3.8, 4) is 10.8 Å². The zero-order chi connectivity index (χ0) is 14.7. The lowest BCUT2D eigenvalue weighted by molar-refractivity contribution is 0.0957. The van der Waals surface area contributed by atoms with Crippen molar-refractivity contribution in [3.63, 3.8) is 0 Å². The van der Waals surface area contributed by atoms with Crippen LogP contribution in [0.3, 0.4) is 0 Å². The summed E-state index contributed by atoms with van der Waals surface area (Å²) in [5.41, 5.74) is 2.11. The summed E-state index contributed by atoms with van der Waals surface area (Å²) < 4.78 is 5.58. The van der Waals surface area contributed by atoms with Gasteiger partial charge < -0.3 is 4.42 Å². The lowest BCUT2D eigenvalue weighted by Gasteiger charge is -1.94. The Hall–Kier alpha value is -1.68. The van der Waals surface area contributed by atoms with Crippen LogP contribution in [-0.4, -0.2) is 16.1 Å². The molecule has 0 fully saturated rings. The molecule has 0 aliphatic carbocycles. The number of thiophene rings is 2. The number of nitrogen functional groups attached to an aromatic ring is 1.